The normalized spacial score (nSPS) is 17.3. The van der Waals surface area contributed by atoms with Crippen molar-refractivity contribution < 1.29 is 9.18 Å². The fraction of sp³-hybridized carbons (Fsp3) is 0.310. The molecule has 1 aliphatic rings. The first-order valence-corrected chi connectivity index (χ1v) is 12.1. The van der Waals surface area contributed by atoms with Crippen molar-refractivity contribution >= 4 is 17.4 Å². The van der Waals surface area contributed by atoms with Gasteiger partial charge in [-0.05, 0) is 78.8 Å². The highest BCUT2D eigenvalue weighted by molar-refractivity contribution is 5.90. The van der Waals surface area contributed by atoms with Crippen molar-refractivity contribution in [2.24, 2.45) is 11.8 Å². The third kappa shape index (κ3) is 7.07. The first-order chi connectivity index (χ1) is 17.0. The number of halogens is 1. The lowest BCUT2D eigenvalue weighted by Gasteiger charge is -2.37. The molecule has 1 saturated heterocycles. The molecule has 2 heterocycles. The Bertz CT molecular complexity index is 1190. The number of nitrogens with one attached hydrogen (secondary N) is 2. The number of carbonyl (C=O) groups excluding carboxylic acids is 1. The Morgan fingerprint density at radius 2 is 1.86 bits per heavy atom. The van der Waals surface area contributed by atoms with E-state index >= 15 is 0 Å². The number of rotatable bonds is 5. The highest BCUT2D eigenvalue weighted by Crippen LogP contribution is 2.30. The van der Waals surface area contributed by atoms with Gasteiger partial charge in [0.25, 0.3) is 0 Å². The number of anilines is 2. The molecule has 3 aromatic rings. The van der Waals surface area contributed by atoms with E-state index in [1.54, 1.807) is 24.5 Å². The minimum absolute atomic E-state index is 0.265. The second kappa shape index (κ2) is 11.5. The van der Waals surface area contributed by atoms with Gasteiger partial charge in [-0.1, -0.05) is 31.8 Å². The number of carbonyl (C=O) groups is 1. The molecule has 35 heavy (non-hydrogen) atoms. The summed E-state index contributed by atoms with van der Waals surface area (Å²) in [4.78, 5) is 19.0. The molecule has 0 saturated carbocycles. The van der Waals surface area contributed by atoms with E-state index in [9.17, 15) is 9.18 Å². The van der Waals surface area contributed by atoms with Crippen LogP contribution in [-0.2, 0) is 6.42 Å². The van der Waals surface area contributed by atoms with Gasteiger partial charge in [0, 0.05) is 43.3 Å². The Morgan fingerprint density at radius 3 is 2.57 bits per heavy atom. The molecule has 2 unspecified atom stereocenters. The third-order valence-electron chi connectivity index (χ3n) is 6.07. The fourth-order valence-electron chi connectivity index (χ4n) is 4.56. The van der Waals surface area contributed by atoms with Crippen LogP contribution in [0.5, 0.6) is 0 Å². The first kappa shape index (κ1) is 24.3. The predicted molar refractivity (Wildman–Crippen MR) is 139 cm³/mol. The summed E-state index contributed by atoms with van der Waals surface area (Å²) in [6, 6.07) is 15.6. The van der Waals surface area contributed by atoms with E-state index in [-0.39, 0.29) is 11.8 Å². The number of hydrogen-bond donors (Lipinski definition) is 2. The van der Waals surface area contributed by atoms with Crippen molar-refractivity contribution in [3.63, 3.8) is 0 Å². The van der Waals surface area contributed by atoms with Crippen LogP contribution in [-0.4, -0.2) is 30.6 Å². The van der Waals surface area contributed by atoms with E-state index in [0.29, 0.717) is 30.5 Å². The average Bonchev–Trinajstić information content (AvgIpc) is 2.84. The van der Waals surface area contributed by atoms with Crippen LogP contribution < -0.4 is 15.5 Å². The average molecular weight is 471 g/mol. The van der Waals surface area contributed by atoms with Crippen LogP contribution >= 0.6 is 0 Å². The number of nitrogens with zero attached hydrogens (tertiary/aromatic N) is 2. The summed E-state index contributed by atoms with van der Waals surface area (Å²) in [6.07, 6.45) is 5.45. The van der Waals surface area contributed by atoms with Crippen molar-refractivity contribution in [1.29, 1.82) is 0 Å². The number of urea groups is 1. The predicted octanol–water partition coefficient (Wildman–Crippen LogP) is 5.47. The molecule has 2 N–H and O–H groups in total. The van der Waals surface area contributed by atoms with Crippen LogP contribution in [0.4, 0.5) is 20.6 Å². The van der Waals surface area contributed by atoms with Gasteiger partial charge in [0.05, 0.1) is 11.3 Å². The van der Waals surface area contributed by atoms with Crippen LogP contribution in [0, 0.1) is 29.5 Å². The summed E-state index contributed by atoms with van der Waals surface area (Å²) in [6.45, 7) is 7.00. The van der Waals surface area contributed by atoms with E-state index in [0.717, 1.165) is 35.5 Å². The van der Waals surface area contributed by atoms with Gasteiger partial charge in [-0.3, -0.25) is 4.98 Å². The highest BCUT2D eigenvalue weighted by Gasteiger charge is 2.23. The van der Waals surface area contributed by atoms with E-state index in [1.807, 2.05) is 30.3 Å². The standard InChI is InChI=1S/C29H31FN4O/c1-21-16-22(2)20-34(19-21)28-12-11-27(17-25(28)8-5-23-6-9-26(30)10-7-23)33-29(35)32-15-13-24-4-3-14-31-18-24/h3-4,6-7,9-12,14,17-18,21-22H,13,15-16,19-20H2,1-2H3,(H2,32,33,35). The van der Waals surface area contributed by atoms with Crippen molar-refractivity contribution in [2.75, 3.05) is 29.9 Å². The maximum atomic E-state index is 13.3. The van der Waals surface area contributed by atoms with Gasteiger partial charge in [-0.15, -0.1) is 0 Å². The number of hydrogen-bond acceptors (Lipinski definition) is 3. The molecular formula is C29H31FN4O. The van der Waals surface area contributed by atoms with Crippen molar-refractivity contribution in [2.45, 2.75) is 26.7 Å². The Balaban J connectivity index is 1.50. The van der Waals surface area contributed by atoms with E-state index in [2.05, 4.69) is 46.2 Å². The summed E-state index contributed by atoms with van der Waals surface area (Å²) in [5.74, 6) is 7.32. The van der Waals surface area contributed by atoms with Gasteiger partial charge >= 0.3 is 6.03 Å². The molecule has 0 radical (unpaired) electrons. The van der Waals surface area contributed by atoms with Gasteiger partial charge in [-0.25, -0.2) is 9.18 Å². The van der Waals surface area contributed by atoms with Crippen molar-refractivity contribution in [1.82, 2.24) is 10.3 Å². The first-order valence-electron chi connectivity index (χ1n) is 12.1. The minimum Gasteiger partial charge on any atom is -0.370 e. The molecule has 0 spiro atoms. The lowest BCUT2D eigenvalue weighted by molar-refractivity contribution is 0.252. The van der Waals surface area contributed by atoms with Gasteiger partial charge in [0.2, 0.25) is 0 Å². The van der Waals surface area contributed by atoms with Crippen LogP contribution in [0.3, 0.4) is 0 Å². The molecule has 1 aliphatic heterocycles. The van der Waals surface area contributed by atoms with Crippen LogP contribution in [0.2, 0.25) is 0 Å². The molecule has 6 heteroatoms. The number of pyridine rings is 1. The molecule has 0 bridgehead atoms. The Morgan fingerprint density at radius 1 is 1.09 bits per heavy atom. The number of piperidine rings is 1. The molecule has 180 valence electrons. The number of benzene rings is 2. The molecule has 2 aromatic carbocycles. The largest absolute Gasteiger partial charge is 0.370 e. The second-order valence-corrected chi connectivity index (χ2v) is 9.33. The Labute approximate surface area is 206 Å². The van der Waals surface area contributed by atoms with Gasteiger partial charge in [0.15, 0.2) is 0 Å². The summed E-state index contributed by atoms with van der Waals surface area (Å²) in [5, 5.41) is 5.81. The van der Waals surface area contributed by atoms with Gasteiger partial charge in [-0.2, -0.15) is 0 Å². The van der Waals surface area contributed by atoms with Gasteiger partial charge < -0.3 is 15.5 Å². The van der Waals surface area contributed by atoms with Gasteiger partial charge in [0.1, 0.15) is 5.82 Å². The quantitative estimate of drug-likeness (QED) is 0.487. The number of aromatic nitrogens is 1. The van der Waals surface area contributed by atoms with E-state index in [4.69, 9.17) is 0 Å². The number of amides is 2. The molecule has 2 atom stereocenters. The molecular weight excluding hydrogens is 439 g/mol. The van der Waals surface area contributed by atoms with E-state index < -0.39 is 0 Å². The Kier molecular flexibility index (Phi) is 7.99. The van der Waals surface area contributed by atoms with Crippen LogP contribution in [0.15, 0.2) is 67.0 Å². The van der Waals surface area contributed by atoms with Crippen molar-refractivity contribution in [3.05, 3.63) is 89.5 Å². The molecule has 4 rings (SSSR count). The molecule has 5 nitrogen and oxygen atoms in total. The fourth-order valence-corrected chi connectivity index (χ4v) is 4.56. The zero-order valence-electron chi connectivity index (χ0n) is 20.2. The molecule has 0 aliphatic carbocycles. The van der Waals surface area contributed by atoms with E-state index in [1.165, 1.54) is 18.6 Å². The maximum Gasteiger partial charge on any atom is 0.319 e. The molecule has 1 aromatic heterocycles. The SMILES string of the molecule is CC1CC(C)CN(c2ccc(NC(=O)NCCc3cccnc3)cc2C#Cc2ccc(F)cc2)C1. The monoisotopic (exact) mass is 470 g/mol. The minimum atomic E-state index is -0.284. The maximum absolute atomic E-state index is 13.3. The topological polar surface area (TPSA) is 57.3 Å². The summed E-state index contributed by atoms with van der Waals surface area (Å²) >= 11 is 0. The summed E-state index contributed by atoms with van der Waals surface area (Å²) in [5.41, 5.74) is 4.38. The Hall–Kier alpha value is -3.85. The van der Waals surface area contributed by atoms with Crippen LogP contribution in [0.25, 0.3) is 0 Å². The third-order valence-corrected chi connectivity index (χ3v) is 6.07. The lowest BCUT2D eigenvalue weighted by Crippen LogP contribution is -2.39. The molecule has 1 fully saturated rings. The summed E-state index contributed by atoms with van der Waals surface area (Å²) in [7, 11) is 0. The zero-order chi connectivity index (χ0) is 24.6. The smallest absolute Gasteiger partial charge is 0.319 e. The lowest BCUT2D eigenvalue weighted by atomic mass is 9.91. The summed E-state index contributed by atoms with van der Waals surface area (Å²) < 4.78 is 13.3. The zero-order valence-corrected chi connectivity index (χ0v) is 20.2. The van der Waals surface area contributed by atoms with Crippen molar-refractivity contribution in [3.8, 4) is 11.8 Å². The molecule has 2 amide bonds. The second-order valence-electron chi connectivity index (χ2n) is 9.33. The highest BCUT2D eigenvalue weighted by atomic mass is 19.1. The van der Waals surface area contributed by atoms with Crippen LogP contribution in [0.1, 0.15) is 37.0 Å².